The number of ketones is 2. The standard InChI is InChI=1S/C27H27ClNO4.BrH/c1-17(30)24-16-29(15-18-5-4-6-22(28)11-18)10-9-20(24)12-21-8-7-19-13-25(32-2)26(33-3)14-23(19)27(21)31;/h4-6,9-11,13-14,16,21H,7-8,12,15H2,1-3H3;1H/q+1;/p-1. The van der Waals surface area contributed by atoms with Gasteiger partial charge in [-0.15, -0.1) is 0 Å². The summed E-state index contributed by atoms with van der Waals surface area (Å²) in [7, 11) is 3.16. The van der Waals surface area contributed by atoms with E-state index in [9.17, 15) is 9.59 Å². The maximum atomic E-state index is 13.3. The Kier molecular flexibility index (Phi) is 8.50. The zero-order chi connectivity index (χ0) is 23.5. The zero-order valence-electron chi connectivity index (χ0n) is 19.4. The number of aromatic nitrogens is 1. The number of benzene rings is 2. The van der Waals surface area contributed by atoms with Gasteiger partial charge in [-0.05, 0) is 61.6 Å². The van der Waals surface area contributed by atoms with Crippen molar-refractivity contribution >= 4 is 23.2 Å². The molecule has 2 aromatic carbocycles. The van der Waals surface area contributed by atoms with E-state index in [4.69, 9.17) is 21.1 Å². The average molecular weight is 545 g/mol. The monoisotopic (exact) mass is 543 g/mol. The van der Waals surface area contributed by atoms with Crippen LogP contribution in [0.1, 0.15) is 50.8 Å². The van der Waals surface area contributed by atoms with Crippen LogP contribution in [-0.2, 0) is 19.4 Å². The summed E-state index contributed by atoms with van der Waals surface area (Å²) in [6, 6.07) is 13.3. The van der Waals surface area contributed by atoms with Crippen molar-refractivity contribution in [3.63, 3.8) is 0 Å². The molecule has 1 unspecified atom stereocenters. The van der Waals surface area contributed by atoms with Crippen molar-refractivity contribution in [1.29, 1.82) is 0 Å². The molecule has 4 rings (SSSR count). The van der Waals surface area contributed by atoms with E-state index in [0.29, 0.717) is 40.6 Å². The molecule has 5 nitrogen and oxygen atoms in total. The Balaban J connectivity index is 0.00000324. The quantitative estimate of drug-likeness (QED) is 0.337. The van der Waals surface area contributed by atoms with E-state index < -0.39 is 0 Å². The topological polar surface area (TPSA) is 56.5 Å². The minimum atomic E-state index is -0.183. The van der Waals surface area contributed by atoms with Crippen molar-refractivity contribution in [1.82, 2.24) is 0 Å². The van der Waals surface area contributed by atoms with E-state index in [1.165, 1.54) is 0 Å². The van der Waals surface area contributed by atoms with Crippen molar-refractivity contribution in [2.75, 3.05) is 14.2 Å². The van der Waals surface area contributed by atoms with Gasteiger partial charge < -0.3 is 26.5 Å². The van der Waals surface area contributed by atoms with Crippen LogP contribution in [0, 0.1) is 5.92 Å². The number of pyridine rings is 1. The first-order valence-electron chi connectivity index (χ1n) is 11.0. The molecule has 1 aliphatic rings. The summed E-state index contributed by atoms with van der Waals surface area (Å²) in [6.45, 7) is 2.18. The number of aryl methyl sites for hydroxylation is 1. The molecule has 0 amide bonds. The van der Waals surface area contributed by atoms with E-state index in [1.54, 1.807) is 27.2 Å². The smallest absolute Gasteiger partial charge is 0.180 e. The molecular weight excluding hydrogens is 518 g/mol. The summed E-state index contributed by atoms with van der Waals surface area (Å²) < 4.78 is 12.7. The fraction of sp³-hybridized carbons (Fsp3) is 0.296. The normalized spacial score (nSPS) is 14.7. The van der Waals surface area contributed by atoms with Gasteiger partial charge in [0.15, 0.2) is 42.0 Å². The van der Waals surface area contributed by atoms with Gasteiger partial charge in [-0.25, -0.2) is 4.57 Å². The predicted octanol–water partition coefficient (Wildman–Crippen LogP) is 1.89. The third-order valence-corrected chi connectivity index (χ3v) is 6.45. The second-order valence-corrected chi connectivity index (χ2v) is 8.85. The molecule has 0 spiro atoms. The highest BCUT2D eigenvalue weighted by Gasteiger charge is 2.30. The average Bonchev–Trinajstić information content (AvgIpc) is 2.81. The fourth-order valence-electron chi connectivity index (χ4n) is 4.50. The number of fused-ring (bicyclic) bond motifs is 1. The lowest BCUT2D eigenvalue weighted by atomic mass is 9.79. The molecule has 0 aliphatic heterocycles. The van der Waals surface area contributed by atoms with E-state index >= 15 is 0 Å². The van der Waals surface area contributed by atoms with Crippen LogP contribution in [0.4, 0.5) is 0 Å². The molecule has 1 heterocycles. The van der Waals surface area contributed by atoms with Crippen molar-refractivity contribution in [2.24, 2.45) is 5.92 Å². The number of ether oxygens (including phenoxy) is 2. The molecule has 1 aromatic heterocycles. The first-order valence-corrected chi connectivity index (χ1v) is 11.3. The summed E-state index contributed by atoms with van der Waals surface area (Å²) >= 11 is 6.10. The summed E-state index contributed by atoms with van der Waals surface area (Å²) in [5.74, 6) is 1.07. The predicted molar refractivity (Wildman–Crippen MR) is 127 cm³/mol. The van der Waals surface area contributed by atoms with Gasteiger partial charge in [0.25, 0.3) is 0 Å². The number of hydrogen-bond acceptors (Lipinski definition) is 4. The molecule has 0 saturated carbocycles. The van der Waals surface area contributed by atoms with Crippen LogP contribution in [-0.4, -0.2) is 25.8 Å². The number of methoxy groups -OCH3 is 2. The molecule has 1 aliphatic carbocycles. The SMILES string of the molecule is COc1cc2c(cc1OC)C(=O)C(Cc1cc[n+](Cc3cccc(Cl)c3)cc1C(C)=O)CC2.[Br-]. The first kappa shape index (κ1) is 25.9. The molecule has 0 fully saturated rings. The number of nitrogens with zero attached hydrogens (tertiary/aromatic N) is 1. The number of carbonyl (C=O) groups is 2. The highest BCUT2D eigenvalue weighted by atomic mass is 79.9. The number of halogens is 2. The molecule has 0 radical (unpaired) electrons. The Morgan fingerprint density at radius 1 is 1.12 bits per heavy atom. The number of Topliss-reactive ketones (excluding diaryl/α,β-unsaturated/α-hetero) is 2. The third kappa shape index (κ3) is 5.50. The molecule has 178 valence electrons. The maximum Gasteiger partial charge on any atom is 0.180 e. The van der Waals surface area contributed by atoms with Gasteiger partial charge in [0.05, 0.1) is 19.8 Å². The lowest BCUT2D eigenvalue weighted by Crippen LogP contribution is -3.00. The van der Waals surface area contributed by atoms with Gasteiger partial charge in [0.1, 0.15) is 0 Å². The Bertz CT molecular complexity index is 1230. The minimum absolute atomic E-state index is 0. The molecule has 0 bridgehead atoms. The van der Waals surface area contributed by atoms with Gasteiger partial charge in [-0.1, -0.05) is 23.7 Å². The Morgan fingerprint density at radius 2 is 1.85 bits per heavy atom. The van der Waals surface area contributed by atoms with Gasteiger partial charge >= 0.3 is 0 Å². The van der Waals surface area contributed by atoms with Crippen molar-refractivity contribution in [3.8, 4) is 11.5 Å². The maximum absolute atomic E-state index is 13.3. The van der Waals surface area contributed by atoms with Gasteiger partial charge in [-0.2, -0.15) is 0 Å². The molecule has 0 N–H and O–H groups in total. The van der Waals surface area contributed by atoms with E-state index in [2.05, 4.69) is 0 Å². The van der Waals surface area contributed by atoms with E-state index in [0.717, 1.165) is 29.5 Å². The Labute approximate surface area is 215 Å². The summed E-state index contributed by atoms with van der Waals surface area (Å²) in [5.41, 5.74) is 4.25. The lowest BCUT2D eigenvalue weighted by molar-refractivity contribution is -0.688. The number of carbonyl (C=O) groups excluding carboxylic acids is 2. The highest BCUT2D eigenvalue weighted by molar-refractivity contribution is 6.30. The van der Waals surface area contributed by atoms with Crippen molar-refractivity contribution < 1.29 is 40.6 Å². The van der Waals surface area contributed by atoms with Crippen LogP contribution in [0.3, 0.4) is 0 Å². The van der Waals surface area contributed by atoms with Crippen LogP contribution in [0.15, 0.2) is 54.9 Å². The molecule has 1 atom stereocenters. The molecule has 3 aromatic rings. The second kappa shape index (κ2) is 11.2. The minimum Gasteiger partial charge on any atom is -1.00 e. The van der Waals surface area contributed by atoms with Crippen LogP contribution in [0.2, 0.25) is 5.02 Å². The molecule has 0 saturated heterocycles. The van der Waals surface area contributed by atoms with Crippen molar-refractivity contribution in [3.05, 3.63) is 87.7 Å². The van der Waals surface area contributed by atoms with E-state index in [1.807, 2.05) is 53.4 Å². The zero-order valence-corrected chi connectivity index (χ0v) is 21.8. The van der Waals surface area contributed by atoms with Gasteiger partial charge in [0.2, 0.25) is 0 Å². The van der Waals surface area contributed by atoms with Crippen LogP contribution in [0.25, 0.3) is 0 Å². The molecule has 7 heteroatoms. The molecule has 34 heavy (non-hydrogen) atoms. The second-order valence-electron chi connectivity index (χ2n) is 8.41. The number of hydrogen-bond donors (Lipinski definition) is 0. The Hall–Kier alpha value is -2.70. The summed E-state index contributed by atoms with van der Waals surface area (Å²) in [6.07, 6.45) is 5.87. The largest absolute Gasteiger partial charge is 1.00 e. The first-order chi connectivity index (χ1) is 15.9. The van der Waals surface area contributed by atoms with Gasteiger partial charge in [-0.3, -0.25) is 9.59 Å². The van der Waals surface area contributed by atoms with Crippen LogP contribution >= 0.6 is 11.6 Å². The lowest BCUT2D eigenvalue weighted by Gasteiger charge is -2.25. The van der Waals surface area contributed by atoms with E-state index in [-0.39, 0.29) is 34.5 Å². The van der Waals surface area contributed by atoms with Crippen LogP contribution < -0.4 is 31.0 Å². The van der Waals surface area contributed by atoms with Crippen molar-refractivity contribution in [2.45, 2.75) is 32.7 Å². The van der Waals surface area contributed by atoms with Crippen LogP contribution in [0.5, 0.6) is 11.5 Å². The Morgan fingerprint density at radius 3 is 2.53 bits per heavy atom. The van der Waals surface area contributed by atoms with Gasteiger partial charge in [0, 0.05) is 28.1 Å². The third-order valence-electron chi connectivity index (χ3n) is 6.22. The highest BCUT2D eigenvalue weighted by Crippen LogP contribution is 2.36. The summed E-state index contributed by atoms with van der Waals surface area (Å²) in [5, 5.41) is 0.682. The summed E-state index contributed by atoms with van der Waals surface area (Å²) in [4.78, 5) is 25.8. The number of rotatable bonds is 7. The molecular formula is C27H27BrClNO4. The fourth-order valence-corrected chi connectivity index (χ4v) is 4.72.